The van der Waals surface area contributed by atoms with E-state index in [-0.39, 0.29) is 26.4 Å². The first-order valence-electron chi connectivity index (χ1n) is 11.2. The van der Waals surface area contributed by atoms with Gasteiger partial charge in [0.15, 0.2) is 23.0 Å². The van der Waals surface area contributed by atoms with Crippen molar-refractivity contribution < 1.29 is 40.5 Å². The van der Waals surface area contributed by atoms with E-state index in [1.165, 1.54) is 0 Å². The number of fused-ring (bicyclic) bond motifs is 2. The van der Waals surface area contributed by atoms with E-state index in [0.29, 0.717) is 36.0 Å². The molecule has 176 valence electrons. The zero-order valence-corrected chi connectivity index (χ0v) is 19.4. The van der Waals surface area contributed by atoms with Crippen LogP contribution < -0.4 is 24.3 Å². The topological polar surface area (TPSA) is 127 Å². The quantitative estimate of drug-likeness (QED) is 0.503. The Balaban J connectivity index is 0.000000231. The van der Waals surface area contributed by atoms with Gasteiger partial charge in [-0.15, -0.1) is 22.7 Å². The Bertz CT molecular complexity index is 965. The number of carbonyl (C=O) groups is 1. The molecule has 9 nitrogen and oxygen atoms in total. The zero-order valence-electron chi connectivity index (χ0n) is 19.8. The monoisotopic (exact) mass is 488 g/mol. The molecule has 5 heterocycles. The first-order valence-corrected chi connectivity index (χ1v) is 12.0. The van der Waals surface area contributed by atoms with Gasteiger partial charge in [-0.1, -0.05) is 0 Å². The minimum absolute atomic E-state index is 0.193. The minimum atomic E-state index is -0.647. The van der Waals surface area contributed by atoms with Gasteiger partial charge >= 0.3 is 5.97 Å². The third-order valence-electron chi connectivity index (χ3n) is 5.12. The van der Waals surface area contributed by atoms with Gasteiger partial charge in [0, 0.05) is 9.75 Å². The number of aliphatic carboxylic acids is 1. The molecule has 3 atom stereocenters. The summed E-state index contributed by atoms with van der Waals surface area (Å²) < 4.78 is 36.5. The number of ether oxygens (including phenoxy) is 4. The minimum Gasteiger partial charge on any atom is -0.486 e. The van der Waals surface area contributed by atoms with E-state index in [1.807, 2.05) is 13.8 Å². The van der Waals surface area contributed by atoms with Gasteiger partial charge in [0.05, 0.1) is 9.75 Å². The number of carboxylic acid groups (broad SMARTS) is 1. The first-order chi connectivity index (χ1) is 16.3. The third-order valence-corrected chi connectivity index (χ3v) is 7.42. The van der Waals surface area contributed by atoms with Crippen molar-refractivity contribution in [2.75, 3.05) is 33.0 Å². The van der Waals surface area contributed by atoms with Gasteiger partial charge in [-0.3, -0.25) is 4.79 Å². The Hall–Kier alpha value is -2.05. The highest BCUT2D eigenvalue weighted by Gasteiger charge is 2.31. The average Bonchev–Trinajstić information content (AvgIpc) is 3.37. The highest BCUT2D eigenvalue weighted by atomic mass is 32.1. The van der Waals surface area contributed by atoms with Crippen LogP contribution in [0.4, 0.5) is 0 Å². The molecular weight excluding hydrogens is 458 g/mol. The number of hydrogen-bond donors (Lipinski definition) is 4. The van der Waals surface area contributed by atoms with Crippen LogP contribution in [0.3, 0.4) is 0 Å². The van der Waals surface area contributed by atoms with Crippen LogP contribution in [-0.4, -0.2) is 72.5 Å². The molecule has 2 unspecified atom stereocenters. The number of aliphatic hydroxyl groups excluding tert-OH is 2. The molecule has 2 aromatic heterocycles. The summed E-state index contributed by atoms with van der Waals surface area (Å²) in [6.45, 7) is 5.36. The predicted octanol–water partition coefficient (Wildman–Crippen LogP) is 2.18. The van der Waals surface area contributed by atoms with Crippen LogP contribution in [0.15, 0.2) is 0 Å². The van der Waals surface area contributed by atoms with Gasteiger partial charge in [-0.2, -0.15) is 0 Å². The molecule has 0 saturated carbocycles. The standard InChI is InChI=1S/C16H18O6S2.C5H9NO2/c1-7-11-13(21-5-9(17)3-19-11)15(23-7)16-14-12(8(2)24-16)20-4-10(18)6-22-14;7-5(8)4-2-1-3-6-4/h9-10,17-18H,3-6H2,1-2H3;4,6H,1-3H2,(H,7,8)/t;4-/m.0/s1/i/hTD. The summed E-state index contributed by atoms with van der Waals surface area (Å²) in [5, 5.41) is 24.5. The van der Waals surface area contributed by atoms with E-state index in [0.717, 1.165) is 31.2 Å². The fourth-order valence-electron chi connectivity index (χ4n) is 3.54. The lowest BCUT2D eigenvalue weighted by Gasteiger charge is -2.08. The van der Waals surface area contributed by atoms with E-state index in [4.69, 9.17) is 21.8 Å². The zero-order chi connectivity index (χ0) is 24.4. The van der Waals surface area contributed by atoms with Crippen LogP contribution in [0.1, 0.15) is 22.6 Å². The molecule has 2 aromatic rings. The number of aryl methyl sites for hydroxylation is 2. The van der Waals surface area contributed by atoms with E-state index >= 15 is 0 Å². The number of carboxylic acids is 1. The molecule has 3 aliphatic rings. The second-order valence-electron chi connectivity index (χ2n) is 7.73. The Morgan fingerprint density at radius 1 is 0.969 bits per heavy atom. The maximum absolute atomic E-state index is 10.7. The maximum Gasteiger partial charge on any atom is 0.320 e. The van der Waals surface area contributed by atoms with Crippen molar-refractivity contribution in [3.05, 3.63) is 9.75 Å². The highest BCUT2D eigenvalue weighted by Crippen LogP contribution is 2.56. The molecule has 32 heavy (non-hydrogen) atoms. The van der Waals surface area contributed by atoms with Gasteiger partial charge in [-0.05, 0) is 33.2 Å². The van der Waals surface area contributed by atoms with E-state index in [2.05, 4.69) is 5.11 Å². The Kier molecular flexibility index (Phi) is 6.32. The lowest BCUT2D eigenvalue weighted by atomic mass is 10.2. The maximum atomic E-state index is 10.7. The van der Waals surface area contributed by atoms with Crippen LogP contribution in [0.5, 0.6) is 23.0 Å². The summed E-state index contributed by atoms with van der Waals surface area (Å²) in [5.74, 6) is 2.03. The lowest BCUT2D eigenvalue weighted by Crippen LogP contribution is -2.29. The highest BCUT2D eigenvalue weighted by molar-refractivity contribution is 7.23. The van der Waals surface area contributed by atoms with E-state index in [9.17, 15) is 15.0 Å². The summed E-state index contributed by atoms with van der Waals surface area (Å²) in [4.78, 5) is 14.4. The summed E-state index contributed by atoms with van der Waals surface area (Å²) in [7, 11) is 0. The van der Waals surface area contributed by atoms with E-state index in [1.54, 1.807) is 22.7 Å². The van der Waals surface area contributed by atoms with Crippen molar-refractivity contribution in [1.29, 1.82) is 1.43 Å². The summed E-state index contributed by atoms with van der Waals surface area (Å²) in [5.41, 5.74) is 0. The molecule has 5 rings (SSSR count). The molecule has 0 aliphatic carbocycles. The van der Waals surface area contributed by atoms with Crippen molar-refractivity contribution in [3.63, 3.8) is 0 Å². The first kappa shape index (κ1) is 20.5. The summed E-state index contributed by atoms with van der Waals surface area (Å²) >= 11 is 3.14. The van der Waals surface area contributed by atoms with Crippen LogP contribution >= 0.6 is 22.7 Å². The number of thiophene rings is 2. The fourth-order valence-corrected chi connectivity index (χ4v) is 5.75. The SMILES string of the molecule is Cc1sc(-c2sc(C)c3c2OCC(O)CO3)c2c1OCC(O)CO2.[2H]N1CCC[C@H]1C(=O)O[3H]. The number of nitrogens with one attached hydrogen (secondary N) is 1. The second kappa shape index (κ2) is 9.84. The van der Waals surface area contributed by atoms with Gasteiger partial charge in [0.1, 0.15) is 46.1 Å². The molecule has 3 aliphatic heterocycles. The van der Waals surface area contributed by atoms with Crippen LogP contribution in [0.2, 0.25) is 1.41 Å². The number of rotatable bonds is 2. The number of hydrogen-bond acceptors (Lipinski definition) is 11. The van der Waals surface area contributed by atoms with Crippen molar-refractivity contribution in [2.45, 2.75) is 44.9 Å². The van der Waals surface area contributed by atoms with Crippen molar-refractivity contribution in [2.24, 2.45) is 0 Å². The molecule has 1 fully saturated rings. The Morgan fingerprint density at radius 3 is 1.84 bits per heavy atom. The van der Waals surface area contributed by atoms with Crippen molar-refractivity contribution >= 4 is 28.6 Å². The largest absolute Gasteiger partial charge is 0.486 e. The fraction of sp³-hybridized carbons (Fsp3) is 0.571. The van der Waals surface area contributed by atoms with Gasteiger partial charge in [0.2, 0.25) is 0 Å². The second-order valence-corrected chi connectivity index (χ2v) is 10.2. The van der Waals surface area contributed by atoms with Crippen LogP contribution in [-0.2, 0) is 4.79 Å². The van der Waals surface area contributed by atoms with E-state index < -0.39 is 24.2 Å². The van der Waals surface area contributed by atoms with Crippen LogP contribution in [0.25, 0.3) is 11.2 Å². The summed E-state index contributed by atoms with van der Waals surface area (Å²) in [6, 6.07) is -0.502. The summed E-state index contributed by atoms with van der Waals surface area (Å²) in [6.07, 6.45) is 0.183. The smallest absolute Gasteiger partial charge is 0.320 e. The van der Waals surface area contributed by atoms with Gasteiger partial charge in [-0.25, -0.2) is 0 Å². The van der Waals surface area contributed by atoms with Gasteiger partial charge < -0.3 is 39.6 Å². The molecule has 0 radical (unpaired) electrons. The van der Waals surface area contributed by atoms with Crippen LogP contribution in [0, 0.1) is 13.8 Å². The Morgan fingerprint density at radius 2 is 1.44 bits per heavy atom. The predicted molar refractivity (Wildman–Crippen MR) is 120 cm³/mol. The molecule has 1 saturated heterocycles. The molecule has 0 spiro atoms. The van der Waals surface area contributed by atoms with Crippen molar-refractivity contribution in [3.8, 4) is 32.8 Å². The molecular formula is C21H27NO8S2. The molecule has 11 heteroatoms. The Labute approximate surface area is 196 Å². The van der Waals surface area contributed by atoms with Crippen molar-refractivity contribution in [1.82, 2.24) is 5.31 Å². The average molecular weight is 489 g/mol. The normalized spacial score (nSPS) is 25.6. The number of aliphatic hydroxyl groups is 2. The molecule has 0 bridgehead atoms. The molecule has 0 amide bonds. The lowest BCUT2D eigenvalue weighted by molar-refractivity contribution is -0.139. The molecule has 4 N–H and O–H groups in total. The van der Waals surface area contributed by atoms with Gasteiger partial charge in [0.25, 0.3) is 1.43 Å². The molecule has 0 aromatic carbocycles. The third kappa shape index (κ3) is 4.81.